The Kier molecular flexibility index (Phi) is 1.62. The summed E-state index contributed by atoms with van der Waals surface area (Å²) in [6, 6.07) is -0.0788. The number of imide groups is 1. The van der Waals surface area contributed by atoms with E-state index in [1.54, 1.807) is 0 Å². The Morgan fingerprint density at radius 2 is 1.83 bits per heavy atom. The second kappa shape index (κ2) is 2.53. The maximum Gasteiger partial charge on any atom is 0.255 e. The third-order valence-electron chi connectivity index (χ3n) is 2.12. The lowest BCUT2D eigenvalue weighted by molar-refractivity contribution is -0.159. The lowest BCUT2D eigenvalue weighted by Crippen LogP contribution is -2.48. The first-order valence-corrected chi connectivity index (χ1v) is 3.88. The van der Waals surface area contributed by atoms with Crippen molar-refractivity contribution >= 4 is 11.8 Å². The van der Waals surface area contributed by atoms with E-state index in [2.05, 4.69) is 0 Å². The van der Waals surface area contributed by atoms with Crippen LogP contribution in [0.1, 0.15) is 6.42 Å². The maximum absolute atomic E-state index is 11.2. The molecule has 1 saturated heterocycles. The van der Waals surface area contributed by atoms with Crippen LogP contribution in [0.2, 0.25) is 0 Å². The highest BCUT2D eigenvalue weighted by Crippen LogP contribution is 2.27. The highest BCUT2D eigenvalue weighted by atomic mass is 16.5. The molecule has 0 radical (unpaired) electrons. The highest BCUT2D eigenvalue weighted by molar-refractivity contribution is 5.99. The maximum atomic E-state index is 11.2. The number of nitrogens with zero attached hydrogens (tertiary/aromatic N) is 1. The molecule has 0 spiro atoms. The molecule has 66 valence electrons. The fourth-order valence-electron chi connectivity index (χ4n) is 1.37. The molecule has 1 aliphatic carbocycles. The number of nitrogens with two attached hydrogens (primary N) is 1. The molecule has 2 aliphatic rings. The Morgan fingerprint density at radius 1 is 1.33 bits per heavy atom. The quantitative estimate of drug-likeness (QED) is 0.485. The molecule has 2 amide bonds. The molecule has 2 atom stereocenters. The monoisotopic (exact) mass is 170 g/mol. The van der Waals surface area contributed by atoms with E-state index in [0.717, 1.165) is 6.42 Å². The van der Waals surface area contributed by atoms with Crippen LogP contribution in [0.4, 0.5) is 0 Å². The molecule has 2 N–H and O–H groups in total. The van der Waals surface area contributed by atoms with Gasteiger partial charge in [0.05, 0.1) is 6.04 Å². The first-order chi connectivity index (χ1) is 5.70. The Bertz CT molecular complexity index is 225. The van der Waals surface area contributed by atoms with E-state index in [1.165, 1.54) is 4.90 Å². The van der Waals surface area contributed by atoms with Gasteiger partial charge in [-0.3, -0.25) is 14.5 Å². The molecule has 5 nitrogen and oxygen atoms in total. The summed E-state index contributed by atoms with van der Waals surface area (Å²) in [6.45, 7) is 0.0178. The van der Waals surface area contributed by atoms with Gasteiger partial charge in [-0.1, -0.05) is 0 Å². The normalized spacial score (nSPS) is 35.6. The molecule has 0 aromatic carbocycles. The van der Waals surface area contributed by atoms with E-state index in [9.17, 15) is 9.59 Å². The highest BCUT2D eigenvalue weighted by Gasteiger charge is 2.45. The zero-order valence-electron chi connectivity index (χ0n) is 6.53. The zero-order valence-corrected chi connectivity index (χ0v) is 6.53. The Hall–Kier alpha value is -0.940. The summed E-state index contributed by atoms with van der Waals surface area (Å²) < 4.78 is 4.76. The first kappa shape index (κ1) is 7.70. The van der Waals surface area contributed by atoms with Crippen molar-refractivity contribution in [3.63, 3.8) is 0 Å². The van der Waals surface area contributed by atoms with Crippen LogP contribution >= 0.6 is 0 Å². The first-order valence-electron chi connectivity index (χ1n) is 3.88. The molecule has 1 aliphatic heterocycles. The summed E-state index contributed by atoms with van der Waals surface area (Å²) in [6.07, 6.45) is 0.734. The van der Waals surface area contributed by atoms with Gasteiger partial charge in [0.25, 0.3) is 11.8 Å². The van der Waals surface area contributed by atoms with E-state index in [1.807, 2.05) is 0 Å². The third-order valence-corrected chi connectivity index (χ3v) is 2.12. The molecule has 2 unspecified atom stereocenters. The SMILES string of the molecule is NC1CC1N1C(=O)COCC1=O. The minimum atomic E-state index is -0.260. The fraction of sp³-hybridized carbons (Fsp3) is 0.714. The summed E-state index contributed by atoms with van der Waals surface area (Å²) in [5.41, 5.74) is 5.53. The molecular formula is C7H10N2O3. The van der Waals surface area contributed by atoms with Crippen LogP contribution in [0.3, 0.4) is 0 Å². The van der Waals surface area contributed by atoms with E-state index >= 15 is 0 Å². The van der Waals surface area contributed by atoms with Crippen LogP contribution < -0.4 is 5.73 Å². The standard InChI is InChI=1S/C7H10N2O3/c8-4-1-5(4)9-6(10)2-12-3-7(9)11/h4-5H,1-3,8H2. The molecule has 0 bridgehead atoms. The number of carbonyl (C=O) groups is 2. The van der Waals surface area contributed by atoms with E-state index < -0.39 is 0 Å². The smallest absolute Gasteiger partial charge is 0.255 e. The van der Waals surface area contributed by atoms with Gasteiger partial charge in [-0.05, 0) is 6.42 Å². The van der Waals surface area contributed by atoms with Crippen molar-refractivity contribution < 1.29 is 14.3 Å². The summed E-state index contributed by atoms with van der Waals surface area (Å²) in [4.78, 5) is 23.6. The minimum Gasteiger partial charge on any atom is -0.362 e. The average Bonchev–Trinajstić information content (AvgIpc) is 2.67. The van der Waals surface area contributed by atoms with Crippen molar-refractivity contribution in [3.05, 3.63) is 0 Å². The third kappa shape index (κ3) is 1.11. The number of hydrogen-bond acceptors (Lipinski definition) is 4. The molecule has 5 heteroatoms. The van der Waals surface area contributed by atoms with Gasteiger partial charge in [0.1, 0.15) is 13.2 Å². The van der Waals surface area contributed by atoms with Gasteiger partial charge in [0.2, 0.25) is 0 Å². The second-order valence-electron chi connectivity index (χ2n) is 3.12. The molecule has 12 heavy (non-hydrogen) atoms. The van der Waals surface area contributed by atoms with Crippen LogP contribution in [0.15, 0.2) is 0 Å². The topological polar surface area (TPSA) is 72.6 Å². The van der Waals surface area contributed by atoms with Gasteiger partial charge in [0, 0.05) is 6.04 Å². The molecule has 1 heterocycles. The van der Waals surface area contributed by atoms with E-state index in [0.29, 0.717) is 0 Å². The van der Waals surface area contributed by atoms with Gasteiger partial charge in [0.15, 0.2) is 0 Å². The lowest BCUT2D eigenvalue weighted by atomic mass is 10.4. The van der Waals surface area contributed by atoms with Gasteiger partial charge >= 0.3 is 0 Å². The predicted octanol–water partition coefficient (Wildman–Crippen LogP) is -1.53. The molecule has 1 saturated carbocycles. The summed E-state index contributed by atoms with van der Waals surface area (Å²) in [5, 5.41) is 0. The number of ether oxygens (including phenoxy) is 1. The molecule has 0 aromatic rings. The largest absolute Gasteiger partial charge is 0.362 e. The Balaban J connectivity index is 2.09. The Morgan fingerprint density at radius 3 is 2.25 bits per heavy atom. The summed E-state index contributed by atoms with van der Waals surface area (Å²) >= 11 is 0. The number of hydrogen-bond donors (Lipinski definition) is 1. The van der Waals surface area contributed by atoms with Crippen molar-refractivity contribution in [1.82, 2.24) is 4.90 Å². The van der Waals surface area contributed by atoms with Crippen LogP contribution in [-0.2, 0) is 14.3 Å². The van der Waals surface area contributed by atoms with Crippen molar-refractivity contribution in [2.75, 3.05) is 13.2 Å². The molecule has 0 aromatic heterocycles. The zero-order chi connectivity index (χ0) is 8.72. The van der Waals surface area contributed by atoms with Crippen LogP contribution in [-0.4, -0.2) is 42.0 Å². The van der Waals surface area contributed by atoms with Gasteiger partial charge in [-0.2, -0.15) is 0 Å². The van der Waals surface area contributed by atoms with Crippen molar-refractivity contribution in [3.8, 4) is 0 Å². The number of morpholine rings is 1. The lowest BCUT2D eigenvalue weighted by Gasteiger charge is -2.24. The second-order valence-corrected chi connectivity index (χ2v) is 3.12. The van der Waals surface area contributed by atoms with Crippen LogP contribution in [0.5, 0.6) is 0 Å². The number of carbonyl (C=O) groups excluding carboxylic acids is 2. The van der Waals surface area contributed by atoms with Gasteiger partial charge < -0.3 is 10.5 Å². The Labute approximate surface area is 69.5 Å². The average molecular weight is 170 g/mol. The fourth-order valence-corrected chi connectivity index (χ4v) is 1.37. The predicted molar refractivity (Wildman–Crippen MR) is 39.1 cm³/mol. The summed E-state index contributed by atoms with van der Waals surface area (Å²) in [7, 11) is 0. The van der Waals surface area contributed by atoms with Crippen LogP contribution in [0.25, 0.3) is 0 Å². The van der Waals surface area contributed by atoms with E-state index in [-0.39, 0.29) is 37.1 Å². The molecule has 2 rings (SSSR count). The van der Waals surface area contributed by atoms with Crippen molar-refractivity contribution in [1.29, 1.82) is 0 Å². The minimum absolute atomic E-state index is 0.00889. The van der Waals surface area contributed by atoms with Crippen molar-refractivity contribution in [2.24, 2.45) is 5.73 Å². The van der Waals surface area contributed by atoms with Crippen LogP contribution in [0, 0.1) is 0 Å². The number of rotatable bonds is 1. The molecule has 2 fully saturated rings. The van der Waals surface area contributed by atoms with E-state index in [4.69, 9.17) is 10.5 Å². The summed E-state index contributed by atoms with van der Waals surface area (Å²) in [5.74, 6) is -0.520. The van der Waals surface area contributed by atoms with Gasteiger partial charge in [-0.15, -0.1) is 0 Å². The molecular weight excluding hydrogens is 160 g/mol. The van der Waals surface area contributed by atoms with Gasteiger partial charge in [-0.25, -0.2) is 0 Å². The van der Waals surface area contributed by atoms with Crippen molar-refractivity contribution in [2.45, 2.75) is 18.5 Å². The number of amides is 2.